The second kappa shape index (κ2) is 5.51. The molecule has 1 aromatic rings. The van der Waals surface area contributed by atoms with Crippen molar-refractivity contribution in [1.29, 1.82) is 0 Å². The van der Waals surface area contributed by atoms with Crippen LogP contribution >= 0.6 is 15.9 Å². The van der Waals surface area contributed by atoms with E-state index in [4.69, 9.17) is 15.6 Å². The van der Waals surface area contributed by atoms with Gasteiger partial charge in [-0.1, -0.05) is 22.0 Å². The Labute approximate surface area is 109 Å². The molecule has 0 bridgehead atoms. The predicted molar refractivity (Wildman–Crippen MR) is 69.5 cm³/mol. The summed E-state index contributed by atoms with van der Waals surface area (Å²) in [5.74, 6) is -0.315. The van der Waals surface area contributed by atoms with Crippen molar-refractivity contribution in [2.45, 2.75) is 26.3 Å². The van der Waals surface area contributed by atoms with Gasteiger partial charge in [-0.15, -0.1) is 0 Å². The molecule has 0 heterocycles. The van der Waals surface area contributed by atoms with Crippen LogP contribution < -0.4 is 10.5 Å². The largest absolute Gasteiger partial charge is 0.496 e. The summed E-state index contributed by atoms with van der Waals surface area (Å²) in [5.41, 5.74) is 8.36. The van der Waals surface area contributed by atoms with E-state index in [-0.39, 0.29) is 6.42 Å². The maximum atomic E-state index is 10.8. The van der Waals surface area contributed by atoms with Crippen LogP contribution in [0.15, 0.2) is 10.5 Å². The van der Waals surface area contributed by atoms with Crippen LogP contribution in [-0.2, 0) is 11.2 Å². The van der Waals surface area contributed by atoms with Crippen LogP contribution in [0.5, 0.6) is 5.75 Å². The number of hydrogen-bond acceptors (Lipinski definition) is 3. The highest BCUT2D eigenvalue weighted by atomic mass is 79.9. The fourth-order valence-electron chi connectivity index (χ4n) is 1.79. The minimum absolute atomic E-state index is 0.257. The summed E-state index contributed by atoms with van der Waals surface area (Å²) in [5, 5.41) is 8.83. The third kappa shape index (κ3) is 2.98. The Balaban J connectivity index is 3.19. The van der Waals surface area contributed by atoms with Crippen LogP contribution in [0, 0.1) is 13.8 Å². The van der Waals surface area contributed by atoms with Gasteiger partial charge in [-0.3, -0.25) is 4.79 Å². The van der Waals surface area contributed by atoms with Gasteiger partial charge in [0.1, 0.15) is 11.8 Å². The third-order valence-corrected chi connectivity index (χ3v) is 3.88. The molecule has 0 aromatic heterocycles. The van der Waals surface area contributed by atoms with E-state index in [2.05, 4.69) is 15.9 Å². The molecular formula is C12H16BrNO3. The molecule has 0 saturated carbocycles. The van der Waals surface area contributed by atoms with E-state index in [9.17, 15) is 4.79 Å². The molecule has 17 heavy (non-hydrogen) atoms. The Bertz CT molecular complexity index is 446. The number of carboxylic acids is 1. The summed E-state index contributed by atoms with van der Waals surface area (Å²) in [7, 11) is 1.57. The normalized spacial score (nSPS) is 12.3. The summed E-state index contributed by atoms with van der Waals surface area (Å²) in [6.07, 6.45) is 0.257. The Hall–Kier alpha value is -1.07. The molecule has 0 fully saturated rings. The lowest BCUT2D eigenvalue weighted by molar-refractivity contribution is -0.138. The van der Waals surface area contributed by atoms with Gasteiger partial charge >= 0.3 is 5.97 Å². The topological polar surface area (TPSA) is 72.5 Å². The van der Waals surface area contributed by atoms with E-state index in [1.807, 2.05) is 19.9 Å². The van der Waals surface area contributed by atoms with Crippen LogP contribution in [0.2, 0.25) is 0 Å². The number of methoxy groups -OCH3 is 1. The number of benzene rings is 1. The Morgan fingerprint density at radius 3 is 2.65 bits per heavy atom. The molecule has 0 radical (unpaired) electrons. The highest BCUT2D eigenvalue weighted by molar-refractivity contribution is 9.10. The average Bonchev–Trinajstić information content (AvgIpc) is 2.26. The number of carboxylic acid groups (broad SMARTS) is 1. The summed E-state index contributed by atoms with van der Waals surface area (Å²) in [6, 6.07) is 0.988. The average molecular weight is 302 g/mol. The molecule has 0 spiro atoms. The lowest BCUT2D eigenvalue weighted by Crippen LogP contribution is -2.32. The first-order valence-electron chi connectivity index (χ1n) is 5.19. The van der Waals surface area contributed by atoms with Crippen LogP contribution in [0.4, 0.5) is 0 Å². The number of carbonyl (C=O) groups is 1. The first kappa shape index (κ1) is 14.0. The van der Waals surface area contributed by atoms with Gasteiger partial charge in [0.05, 0.1) is 7.11 Å². The van der Waals surface area contributed by atoms with Crippen LogP contribution in [-0.4, -0.2) is 24.2 Å². The van der Waals surface area contributed by atoms with E-state index < -0.39 is 12.0 Å². The summed E-state index contributed by atoms with van der Waals surface area (Å²) >= 11 is 3.47. The van der Waals surface area contributed by atoms with Crippen molar-refractivity contribution in [2.75, 3.05) is 7.11 Å². The Morgan fingerprint density at radius 1 is 1.59 bits per heavy atom. The van der Waals surface area contributed by atoms with E-state index in [1.54, 1.807) is 7.11 Å². The monoisotopic (exact) mass is 301 g/mol. The van der Waals surface area contributed by atoms with Gasteiger partial charge < -0.3 is 15.6 Å². The molecule has 1 unspecified atom stereocenters. The Kier molecular flexibility index (Phi) is 4.54. The molecule has 0 aliphatic carbocycles. The zero-order chi connectivity index (χ0) is 13.2. The van der Waals surface area contributed by atoms with Gasteiger partial charge in [0.25, 0.3) is 0 Å². The molecule has 94 valence electrons. The quantitative estimate of drug-likeness (QED) is 0.892. The highest BCUT2D eigenvalue weighted by Crippen LogP contribution is 2.33. The molecular weight excluding hydrogens is 286 g/mol. The molecule has 1 aromatic carbocycles. The second-order valence-corrected chi connectivity index (χ2v) is 4.77. The minimum atomic E-state index is -1.01. The third-order valence-electron chi connectivity index (χ3n) is 2.66. The van der Waals surface area contributed by atoms with Crippen LogP contribution in [0.1, 0.15) is 16.7 Å². The van der Waals surface area contributed by atoms with Gasteiger partial charge in [-0.05, 0) is 25.0 Å². The summed E-state index contributed by atoms with van der Waals surface area (Å²) in [6.45, 7) is 3.87. The van der Waals surface area contributed by atoms with Gasteiger partial charge in [0, 0.05) is 16.5 Å². The fraction of sp³-hybridized carbons (Fsp3) is 0.417. The molecule has 0 amide bonds. The number of aryl methyl sites for hydroxylation is 1. The number of halogens is 1. The smallest absolute Gasteiger partial charge is 0.320 e. The van der Waals surface area contributed by atoms with Crippen molar-refractivity contribution in [3.63, 3.8) is 0 Å². The van der Waals surface area contributed by atoms with Crippen LogP contribution in [0.25, 0.3) is 0 Å². The lowest BCUT2D eigenvalue weighted by atomic mass is 10.00. The standard InChI is InChI=1S/C12H16BrNO3/c1-6-4-8(5-9(14)12(15)16)11(17-3)7(2)10(6)13/h4,9H,5,14H2,1-3H3,(H,15,16). The molecule has 1 atom stereocenters. The van der Waals surface area contributed by atoms with Crippen LogP contribution in [0.3, 0.4) is 0 Å². The maximum absolute atomic E-state index is 10.8. The van der Waals surface area contributed by atoms with E-state index >= 15 is 0 Å². The van der Waals surface area contributed by atoms with Gasteiger partial charge in [-0.2, -0.15) is 0 Å². The van der Waals surface area contributed by atoms with Crippen molar-refractivity contribution >= 4 is 21.9 Å². The highest BCUT2D eigenvalue weighted by Gasteiger charge is 2.18. The van der Waals surface area contributed by atoms with E-state index in [1.165, 1.54) is 0 Å². The number of aliphatic carboxylic acids is 1. The lowest BCUT2D eigenvalue weighted by Gasteiger charge is -2.16. The van der Waals surface area contributed by atoms with E-state index in [0.29, 0.717) is 5.75 Å². The molecule has 5 heteroatoms. The van der Waals surface area contributed by atoms with Crippen molar-refractivity contribution in [3.05, 3.63) is 27.2 Å². The fourth-order valence-corrected chi connectivity index (χ4v) is 2.08. The first-order valence-corrected chi connectivity index (χ1v) is 5.98. The molecule has 1 rings (SSSR count). The number of nitrogens with two attached hydrogens (primary N) is 1. The molecule has 0 saturated heterocycles. The molecule has 0 aliphatic rings. The number of rotatable bonds is 4. The number of hydrogen-bond donors (Lipinski definition) is 2. The maximum Gasteiger partial charge on any atom is 0.320 e. The first-order chi connectivity index (χ1) is 7.88. The van der Waals surface area contributed by atoms with E-state index in [0.717, 1.165) is 21.2 Å². The zero-order valence-electron chi connectivity index (χ0n) is 10.1. The molecule has 4 nitrogen and oxygen atoms in total. The second-order valence-electron chi connectivity index (χ2n) is 3.97. The molecule has 3 N–H and O–H groups in total. The van der Waals surface area contributed by atoms with Gasteiger partial charge in [0.2, 0.25) is 0 Å². The van der Waals surface area contributed by atoms with Crippen molar-refractivity contribution in [3.8, 4) is 5.75 Å². The summed E-state index contributed by atoms with van der Waals surface area (Å²) in [4.78, 5) is 10.8. The minimum Gasteiger partial charge on any atom is -0.496 e. The molecule has 0 aliphatic heterocycles. The summed E-state index contributed by atoms with van der Waals surface area (Å²) < 4.78 is 6.29. The SMILES string of the molecule is COc1c(CC(N)C(=O)O)cc(C)c(Br)c1C. The van der Waals surface area contributed by atoms with Gasteiger partial charge in [-0.25, -0.2) is 0 Å². The number of ether oxygens (including phenoxy) is 1. The van der Waals surface area contributed by atoms with Crippen molar-refractivity contribution < 1.29 is 14.6 Å². The van der Waals surface area contributed by atoms with Crippen molar-refractivity contribution in [2.24, 2.45) is 5.73 Å². The van der Waals surface area contributed by atoms with Crippen molar-refractivity contribution in [1.82, 2.24) is 0 Å². The predicted octanol–water partition coefficient (Wildman–Crippen LogP) is 2.03. The van der Waals surface area contributed by atoms with Gasteiger partial charge in [0.15, 0.2) is 0 Å². The Morgan fingerprint density at radius 2 is 2.18 bits per heavy atom. The zero-order valence-corrected chi connectivity index (χ0v) is 11.7.